The first-order valence-corrected chi connectivity index (χ1v) is 6.62. The van der Waals surface area contributed by atoms with Gasteiger partial charge in [-0.1, -0.05) is 38.1 Å². The number of pyridine rings is 1. The Balaban J connectivity index is 2.45. The average Bonchev–Trinajstić information content (AvgIpc) is 2.39. The van der Waals surface area contributed by atoms with E-state index in [1.165, 1.54) is 0 Å². The van der Waals surface area contributed by atoms with Gasteiger partial charge in [0, 0.05) is 24.1 Å². The molecule has 1 aromatic heterocycles. The predicted octanol–water partition coefficient (Wildman–Crippen LogP) is 3.82. The van der Waals surface area contributed by atoms with Gasteiger partial charge in [0.1, 0.15) is 5.78 Å². The van der Waals surface area contributed by atoms with E-state index in [-0.39, 0.29) is 11.7 Å². The molecule has 0 saturated heterocycles. The topological polar surface area (TPSA) is 30.0 Å². The number of hydrogen-bond acceptors (Lipinski definition) is 2. The number of Topliss-reactive ketones (excluding diaryl/α,β-unsaturated/α-hetero) is 1. The Kier molecular flexibility index (Phi) is 4.10. The summed E-state index contributed by atoms with van der Waals surface area (Å²) in [6, 6.07) is 12.0. The summed E-state index contributed by atoms with van der Waals surface area (Å²) in [6.07, 6.45) is 2.26. The van der Waals surface area contributed by atoms with Crippen LogP contribution in [0.5, 0.6) is 0 Å². The quantitative estimate of drug-likeness (QED) is 0.829. The molecule has 0 spiro atoms. The Bertz CT molecular complexity index is 573. The van der Waals surface area contributed by atoms with E-state index in [9.17, 15) is 4.79 Å². The molecule has 0 saturated carbocycles. The van der Waals surface area contributed by atoms with Crippen LogP contribution >= 0.6 is 0 Å². The smallest absolute Gasteiger partial charge is 0.139 e. The summed E-state index contributed by atoms with van der Waals surface area (Å²) < 4.78 is 0. The molecule has 0 bridgehead atoms. The van der Waals surface area contributed by atoms with Gasteiger partial charge in [-0.3, -0.25) is 9.78 Å². The molecule has 0 radical (unpaired) electrons. The maximum atomic E-state index is 12.0. The molecule has 1 aromatic carbocycles. The molecule has 2 aromatic rings. The molecule has 19 heavy (non-hydrogen) atoms. The van der Waals surface area contributed by atoms with E-state index < -0.39 is 0 Å². The standard InChI is InChI=1S/C17H19NO/c1-12(2)16(19)11-14-8-6-7-13(3)17(14)15-9-4-5-10-18-15/h4-10,12H,11H2,1-3H3. The van der Waals surface area contributed by atoms with Crippen molar-refractivity contribution in [2.24, 2.45) is 5.92 Å². The van der Waals surface area contributed by atoms with Crippen molar-refractivity contribution in [3.05, 3.63) is 53.7 Å². The van der Waals surface area contributed by atoms with E-state index in [1.807, 2.05) is 44.2 Å². The maximum Gasteiger partial charge on any atom is 0.139 e. The van der Waals surface area contributed by atoms with Crippen LogP contribution in [0.1, 0.15) is 25.0 Å². The molecule has 2 rings (SSSR count). The third-order valence-corrected chi connectivity index (χ3v) is 3.29. The van der Waals surface area contributed by atoms with Gasteiger partial charge in [-0.25, -0.2) is 0 Å². The van der Waals surface area contributed by atoms with Crippen molar-refractivity contribution in [3.8, 4) is 11.3 Å². The summed E-state index contributed by atoms with van der Waals surface area (Å²) in [6.45, 7) is 5.95. The summed E-state index contributed by atoms with van der Waals surface area (Å²) in [7, 11) is 0. The second-order valence-electron chi connectivity index (χ2n) is 5.12. The monoisotopic (exact) mass is 253 g/mol. The minimum Gasteiger partial charge on any atom is -0.299 e. The van der Waals surface area contributed by atoms with Gasteiger partial charge < -0.3 is 0 Å². The minimum absolute atomic E-state index is 0.0668. The molecule has 0 aliphatic rings. The van der Waals surface area contributed by atoms with Gasteiger partial charge in [0.25, 0.3) is 0 Å². The SMILES string of the molecule is Cc1cccc(CC(=O)C(C)C)c1-c1ccccn1. The van der Waals surface area contributed by atoms with E-state index >= 15 is 0 Å². The molecule has 1 heterocycles. The van der Waals surface area contributed by atoms with E-state index in [0.29, 0.717) is 6.42 Å². The molecule has 0 aliphatic heterocycles. The number of carbonyl (C=O) groups is 1. The van der Waals surface area contributed by atoms with Gasteiger partial charge in [0.05, 0.1) is 5.69 Å². The summed E-state index contributed by atoms with van der Waals surface area (Å²) in [4.78, 5) is 16.4. The highest BCUT2D eigenvalue weighted by Crippen LogP contribution is 2.26. The number of ketones is 1. The molecular formula is C17H19NO. The van der Waals surface area contributed by atoms with Gasteiger partial charge in [0.2, 0.25) is 0 Å². The summed E-state index contributed by atoms with van der Waals surface area (Å²) in [5, 5.41) is 0. The number of carbonyl (C=O) groups excluding carboxylic acids is 1. The van der Waals surface area contributed by atoms with Crippen LogP contribution in [0.2, 0.25) is 0 Å². The zero-order valence-corrected chi connectivity index (χ0v) is 11.7. The predicted molar refractivity (Wildman–Crippen MR) is 78.0 cm³/mol. The van der Waals surface area contributed by atoms with Crippen molar-refractivity contribution in [1.82, 2.24) is 4.98 Å². The number of rotatable bonds is 4. The van der Waals surface area contributed by atoms with Crippen LogP contribution in [0.4, 0.5) is 0 Å². The van der Waals surface area contributed by atoms with Gasteiger partial charge in [-0.2, -0.15) is 0 Å². The Labute approximate surface area is 114 Å². The third-order valence-electron chi connectivity index (χ3n) is 3.29. The van der Waals surface area contributed by atoms with E-state index in [2.05, 4.69) is 18.0 Å². The van der Waals surface area contributed by atoms with Crippen LogP contribution in [0.15, 0.2) is 42.6 Å². The fraction of sp³-hybridized carbons (Fsp3) is 0.294. The molecule has 2 heteroatoms. The second-order valence-corrected chi connectivity index (χ2v) is 5.12. The number of aromatic nitrogens is 1. The molecule has 0 fully saturated rings. The van der Waals surface area contributed by atoms with Crippen molar-refractivity contribution in [3.63, 3.8) is 0 Å². The first-order valence-electron chi connectivity index (χ1n) is 6.62. The lowest BCUT2D eigenvalue weighted by atomic mass is 9.93. The number of benzene rings is 1. The maximum absolute atomic E-state index is 12.0. The first-order chi connectivity index (χ1) is 9.09. The lowest BCUT2D eigenvalue weighted by Gasteiger charge is -2.12. The highest BCUT2D eigenvalue weighted by Gasteiger charge is 2.14. The molecule has 98 valence electrons. The van der Waals surface area contributed by atoms with Gasteiger partial charge in [-0.05, 0) is 30.2 Å². The Morgan fingerprint density at radius 3 is 2.58 bits per heavy atom. The van der Waals surface area contributed by atoms with Crippen LogP contribution in [0, 0.1) is 12.8 Å². The van der Waals surface area contributed by atoms with Crippen LogP contribution in [0.25, 0.3) is 11.3 Å². The van der Waals surface area contributed by atoms with Crippen LogP contribution in [-0.4, -0.2) is 10.8 Å². The summed E-state index contributed by atoms with van der Waals surface area (Å²) in [5.41, 5.74) is 4.26. The van der Waals surface area contributed by atoms with Crippen molar-refractivity contribution in [2.75, 3.05) is 0 Å². The zero-order valence-electron chi connectivity index (χ0n) is 11.7. The number of aryl methyl sites for hydroxylation is 1. The minimum atomic E-state index is 0.0668. The van der Waals surface area contributed by atoms with Crippen molar-refractivity contribution < 1.29 is 4.79 Å². The molecule has 0 unspecified atom stereocenters. The van der Waals surface area contributed by atoms with Gasteiger partial charge in [0.15, 0.2) is 0 Å². The first kappa shape index (κ1) is 13.5. The van der Waals surface area contributed by atoms with Crippen LogP contribution in [0.3, 0.4) is 0 Å². The number of hydrogen-bond donors (Lipinski definition) is 0. The Morgan fingerprint density at radius 2 is 1.95 bits per heavy atom. The largest absolute Gasteiger partial charge is 0.299 e. The fourth-order valence-corrected chi connectivity index (χ4v) is 2.14. The lowest BCUT2D eigenvalue weighted by Crippen LogP contribution is -2.11. The number of nitrogens with zero attached hydrogens (tertiary/aromatic N) is 1. The van der Waals surface area contributed by atoms with E-state index in [1.54, 1.807) is 6.20 Å². The molecule has 2 nitrogen and oxygen atoms in total. The van der Waals surface area contributed by atoms with Crippen LogP contribution < -0.4 is 0 Å². The molecule has 0 aliphatic carbocycles. The summed E-state index contributed by atoms with van der Waals surface area (Å²) >= 11 is 0. The van der Waals surface area contributed by atoms with Crippen molar-refractivity contribution in [2.45, 2.75) is 27.2 Å². The highest BCUT2D eigenvalue weighted by molar-refractivity contribution is 5.85. The van der Waals surface area contributed by atoms with Crippen LogP contribution in [-0.2, 0) is 11.2 Å². The summed E-state index contributed by atoms with van der Waals surface area (Å²) in [5.74, 6) is 0.333. The van der Waals surface area contributed by atoms with Gasteiger partial charge >= 0.3 is 0 Å². The molecule has 0 atom stereocenters. The second kappa shape index (κ2) is 5.79. The van der Waals surface area contributed by atoms with Gasteiger partial charge in [-0.15, -0.1) is 0 Å². The molecular weight excluding hydrogens is 234 g/mol. The van der Waals surface area contributed by atoms with E-state index in [4.69, 9.17) is 0 Å². The van der Waals surface area contributed by atoms with Crippen molar-refractivity contribution in [1.29, 1.82) is 0 Å². The Hall–Kier alpha value is -1.96. The van der Waals surface area contributed by atoms with E-state index in [0.717, 1.165) is 22.4 Å². The highest BCUT2D eigenvalue weighted by atomic mass is 16.1. The lowest BCUT2D eigenvalue weighted by molar-refractivity contribution is -0.121. The average molecular weight is 253 g/mol. The fourth-order valence-electron chi connectivity index (χ4n) is 2.14. The zero-order chi connectivity index (χ0) is 13.8. The Morgan fingerprint density at radius 1 is 1.16 bits per heavy atom. The normalized spacial score (nSPS) is 10.7. The third kappa shape index (κ3) is 3.08. The van der Waals surface area contributed by atoms with Crippen molar-refractivity contribution >= 4 is 5.78 Å². The molecule has 0 N–H and O–H groups in total. The molecule has 0 amide bonds.